The SMILES string of the molecule is COc1cc(OC)cc(C(O)CNCc2ccc(F)c(F)c2)c1. The van der Waals surface area contributed by atoms with Crippen LogP contribution in [0.25, 0.3) is 0 Å². The predicted octanol–water partition coefficient (Wildman–Crippen LogP) is 2.81. The van der Waals surface area contributed by atoms with Crippen molar-refractivity contribution in [2.24, 2.45) is 0 Å². The van der Waals surface area contributed by atoms with Crippen molar-refractivity contribution in [3.05, 3.63) is 59.2 Å². The highest BCUT2D eigenvalue weighted by Crippen LogP contribution is 2.26. The Morgan fingerprint density at radius 1 is 1.00 bits per heavy atom. The molecule has 0 amide bonds. The molecular weight excluding hydrogens is 304 g/mol. The number of methoxy groups -OCH3 is 2. The summed E-state index contributed by atoms with van der Waals surface area (Å²) in [6.07, 6.45) is -0.788. The van der Waals surface area contributed by atoms with E-state index in [1.54, 1.807) is 18.2 Å². The smallest absolute Gasteiger partial charge is 0.159 e. The van der Waals surface area contributed by atoms with Crippen molar-refractivity contribution in [3.63, 3.8) is 0 Å². The van der Waals surface area contributed by atoms with Crippen LogP contribution in [0.15, 0.2) is 36.4 Å². The van der Waals surface area contributed by atoms with Crippen molar-refractivity contribution in [1.29, 1.82) is 0 Å². The Kier molecular flexibility index (Phi) is 5.90. The molecule has 2 N–H and O–H groups in total. The van der Waals surface area contributed by atoms with Gasteiger partial charge in [-0.3, -0.25) is 0 Å². The lowest BCUT2D eigenvalue weighted by Gasteiger charge is -2.15. The summed E-state index contributed by atoms with van der Waals surface area (Å²) in [5.41, 5.74) is 1.23. The highest BCUT2D eigenvalue weighted by molar-refractivity contribution is 5.39. The van der Waals surface area contributed by atoms with E-state index in [1.807, 2.05) is 0 Å². The molecule has 0 aliphatic heterocycles. The van der Waals surface area contributed by atoms with Gasteiger partial charge in [0, 0.05) is 19.2 Å². The molecule has 124 valence electrons. The van der Waals surface area contributed by atoms with Crippen LogP contribution in [0.4, 0.5) is 8.78 Å². The van der Waals surface area contributed by atoms with Crippen LogP contribution in [0.3, 0.4) is 0 Å². The first-order chi connectivity index (χ1) is 11.0. The Labute approximate surface area is 133 Å². The molecule has 0 spiro atoms. The average Bonchev–Trinajstić information content (AvgIpc) is 2.57. The van der Waals surface area contributed by atoms with Crippen LogP contribution in [0.5, 0.6) is 11.5 Å². The molecule has 0 aliphatic carbocycles. The largest absolute Gasteiger partial charge is 0.497 e. The molecule has 1 atom stereocenters. The molecule has 0 heterocycles. The molecule has 0 aromatic heterocycles. The van der Waals surface area contributed by atoms with Gasteiger partial charge in [-0.25, -0.2) is 8.78 Å². The van der Waals surface area contributed by atoms with Crippen molar-refractivity contribution >= 4 is 0 Å². The Morgan fingerprint density at radius 2 is 1.65 bits per heavy atom. The summed E-state index contributed by atoms with van der Waals surface area (Å²) in [5.74, 6) is -0.599. The van der Waals surface area contributed by atoms with Crippen LogP contribution in [0, 0.1) is 11.6 Å². The van der Waals surface area contributed by atoms with E-state index >= 15 is 0 Å². The van der Waals surface area contributed by atoms with Gasteiger partial charge in [-0.05, 0) is 35.4 Å². The number of nitrogens with one attached hydrogen (secondary N) is 1. The van der Waals surface area contributed by atoms with Gasteiger partial charge in [-0.15, -0.1) is 0 Å². The summed E-state index contributed by atoms with van der Waals surface area (Å²) in [7, 11) is 3.07. The van der Waals surface area contributed by atoms with E-state index in [0.29, 0.717) is 29.2 Å². The number of aliphatic hydroxyl groups is 1. The van der Waals surface area contributed by atoms with Crippen molar-refractivity contribution < 1.29 is 23.4 Å². The highest BCUT2D eigenvalue weighted by atomic mass is 19.2. The summed E-state index contributed by atoms with van der Waals surface area (Å²) in [5, 5.41) is 13.2. The number of ether oxygens (including phenoxy) is 2. The third-order valence-electron chi connectivity index (χ3n) is 3.41. The number of hydrogen-bond donors (Lipinski definition) is 2. The molecule has 2 rings (SSSR count). The summed E-state index contributed by atoms with van der Waals surface area (Å²) in [6.45, 7) is 0.560. The molecule has 23 heavy (non-hydrogen) atoms. The van der Waals surface area contributed by atoms with Crippen molar-refractivity contribution in [2.75, 3.05) is 20.8 Å². The van der Waals surface area contributed by atoms with Crippen LogP contribution in [-0.4, -0.2) is 25.9 Å². The fourth-order valence-corrected chi connectivity index (χ4v) is 2.14. The van der Waals surface area contributed by atoms with Crippen LogP contribution in [0.2, 0.25) is 0 Å². The molecule has 0 saturated heterocycles. The van der Waals surface area contributed by atoms with E-state index in [1.165, 1.54) is 20.3 Å². The molecule has 2 aromatic rings. The standard InChI is InChI=1S/C17H19F2NO3/c1-22-13-6-12(7-14(8-13)23-2)17(21)10-20-9-11-3-4-15(18)16(19)5-11/h3-8,17,20-21H,9-10H2,1-2H3. The molecular formula is C17H19F2NO3. The third-order valence-corrected chi connectivity index (χ3v) is 3.41. The first-order valence-corrected chi connectivity index (χ1v) is 7.09. The van der Waals surface area contributed by atoms with Gasteiger partial charge in [-0.2, -0.15) is 0 Å². The molecule has 0 radical (unpaired) electrons. The van der Waals surface area contributed by atoms with Gasteiger partial charge in [0.1, 0.15) is 11.5 Å². The van der Waals surface area contributed by atoms with Gasteiger partial charge >= 0.3 is 0 Å². The van der Waals surface area contributed by atoms with Gasteiger partial charge < -0.3 is 19.9 Å². The zero-order valence-corrected chi connectivity index (χ0v) is 13.0. The fourth-order valence-electron chi connectivity index (χ4n) is 2.14. The molecule has 0 bridgehead atoms. The number of aliphatic hydroxyl groups excluding tert-OH is 1. The zero-order chi connectivity index (χ0) is 16.8. The van der Waals surface area contributed by atoms with Gasteiger partial charge in [0.05, 0.1) is 20.3 Å². The number of hydrogen-bond acceptors (Lipinski definition) is 4. The Bertz CT molecular complexity index is 642. The maximum absolute atomic E-state index is 13.1. The molecule has 0 fully saturated rings. The molecule has 4 nitrogen and oxygen atoms in total. The van der Waals surface area contributed by atoms with Crippen LogP contribution in [0.1, 0.15) is 17.2 Å². The number of halogens is 2. The van der Waals surface area contributed by atoms with E-state index in [2.05, 4.69) is 5.32 Å². The van der Waals surface area contributed by atoms with E-state index in [0.717, 1.165) is 12.1 Å². The summed E-state index contributed by atoms with van der Waals surface area (Å²) < 4.78 is 36.3. The lowest BCUT2D eigenvalue weighted by Crippen LogP contribution is -2.21. The Hall–Kier alpha value is -2.18. The lowest BCUT2D eigenvalue weighted by atomic mass is 10.1. The molecule has 2 aromatic carbocycles. The number of rotatable bonds is 7. The minimum atomic E-state index is -0.887. The topological polar surface area (TPSA) is 50.7 Å². The predicted molar refractivity (Wildman–Crippen MR) is 82.6 cm³/mol. The highest BCUT2D eigenvalue weighted by Gasteiger charge is 2.11. The fraction of sp³-hybridized carbons (Fsp3) is 0.294. The maximum Gasteiger partial charge on any atom is 0.159 e. The van der Waals surface area contributed by atoms with E-state index < -0.39 is 17.7 Å². The van der Waals surface area contributed by atoms with Crippen molar-refractivity contribution in [3.8, 4) is 11.5 Å². The monoisotopic (exact) mass is 323 g/mol. The molecule has 6 heteroatoms. The quantitative estimate of drug-likeness (QED) is 0.823. The zero-order valence-electron chi connectivity index (χ0n) is 13.0. The average molecular weight is 323 g/mol. The lowest BCUT2D eigenvalue weighted by molar-refractivity contribution is 0.173. The van der Waals surface area contributed by atoms with E-state index in [-0.39, 0.29) is 6.54 Å². The molecule has 0 saturated carbocycles. The Balaban J connectivity index is 1.96. The van der Waals surface area contributed by atoms with Gasteiger partial charge in [0.25, 0.3) is 0 Å². The summed E-state index contributed by atoms with van der Waals surface area (Å²) >= 11 is 0. The van der Waals surface area contributed by atoms with Gasteiger partial charge in [0.2, 0.25) is 0 Å². The second-order valence-corrected chi connectivity index (χ2v) is 5.04. The minimum Gasteiger partial charge on any atom is -0.497 e. The minimum absolute atomic E-state index is 0.245. The summed E-state index contributed by atoms with van der Waals surface area (Å²) in [6, 6.07) is 8.84. The first kappa shape index (κ1) is 17.2. The first-order valence-electron chi connectivity index (χ1n) is 7.09. The second-order valence-electron chi connectivity index (χ2n) is 5.04. The number of benzene rings is 2. The Morgan fingerprint density at radius 3 is 2.22 bits per heavy atom. The normalized spacial score (nSPS) is 12.0. The van der Waals surface area contributed by atoms with Gasteiger partial charge in [0.15, 0.2) is 11.6 Å². The maximum atomic E-state index is 13.1. The van der Waals surface area contributed by atoms with E-state index in [4.69, 9.17) is 9.47 Å². The molecule has 1 unspecified atom stereocenters. The molecule has 0 aliphatic rings. The van der Waals surface area contributed by atoms with Crippen LogP contribution in [-0.2, 0) is 6.54 Å². The van der Waals surface area contributed by atoms with Crippen molar-refractivity contribution in [2.45, 2.75) is 12.6 Å². The van der Waals surface area contributed by atoms with Crippen LogP contribution < -0.4 is 14.8 Å². The third kappa shape index (κ3) is 4.64. The van der Waals surface area contributed by atoms with Crippen molar-refractivity contribution in [1.82, 2.24) is 5.32 Å². The van der Waals surface area contributed by atoms with Gasteiger partial charge in [-0.1, -0.05) is 6.07 Å². The van der Waals surface area contributed by atoms with Crippen LogP contribution >= 0.6 is 0 Å². The van der Waals surface area contributed by atoms with E-state index in [9.17, 15) is 13.9 Å². The summed E-state index contributed by atoms with van der Waals surface area (Å²) in [4.78, 5) is 0. The second kappa shape index (κ2) is 7.89.